The molecule has 7 nitrogen and oxygen atoms in total. The molecule has 1 atom stereocenters. The van der Waals surface area contributed by atoms with Crippen molar-refractivity contribution in [2.45, 2.75) is 13.0 Å². The number of rotatable bonds is 6. The molecule has 0 fully saturated rings. The van der Waals surface area contributed by atoms with Crippen LogP contribution in [0.2, 0.25) is 0 Å². The molecule has 0 saturated heterocycles. The summed E-state index contributed by atoms with van der Waals surface area (Å²) in [5.74, 6) is -1.99. The van der Waals surface area contributed by atoms with Crippen molar-refractivity contribution in [1.82, 2.24) is 5.32 Å². The van der Waals surface area contributed by atoms with E-state index in [1.165, 1.54) is 6.92 Å². The molecule has 8 heteroatoms. The van der Waals surface area contributed by atoms with E-state index in [0.717, 1.165) is 0 Å². The van der Waals surface area contributed by atoms with Crippen LogP contribution in [0.3, 0.4) is 0 Å². The standard InChI is InChI=1S/C7H15N3O4S/c1-5(8)10-2-3-15(13,14)4-6(9)7(11)12/h6H,2-4,9H2,1H3,(H2,8,10)(H,11,12)/t6-/m0/s1. The molecule has 0 aliphatic heterocycles. The van der Waals surface area contributed by atoms with E-state index in [4.69, 9.17) is 16.2 Å². The second kappa shape index (κ2) is 5.66. The van der Waals surface area contributed by atoms with Crippen molar-refractivity contribution in [3.05, 3.63) is 0 Å². The van der Waals surface area contributed by atoms with E-state index >= 15 is 0 Å². The highest BCUT2D eigenvalue weighted by Crippen LogP contribution is 1.93. The molecule has 0 aromatic carbocycles. The second-order valence-electron chi connectivity index (χ2n) is 3.11. The van der Waals surface area contributed by atoms with E-state index in [1.54, 1.807) is 0 Å². The number of hydrogen-bond donors (Lipinski definition) is 4. The van der Waals surface area contributed by atoms with Gasteiger partial charge in [0.05, 0.1) is 17.3 Å². The van der Waals surface area contributed by atoms with Crippen LogP contribution >= 0.6 is 0 Å². The van der Waals surface area contributed by atoms with Gasteiger partial charge in [0.15, 0.2) is 9.84 Å². The van der Waals surface area contributed by atoms with E-state index in [2.05, 4.69) is 5.32 Å². The number of carboxylic acids is 1. The first-order chi connectivity index (χ1) is 6.74. The highest BCUT2D eigenvalue weighted by atomic mass is 32.2. The summed E-state index contributed by atoms with van der Waals surface area (Å²) in [7, 11) is -3.49. The molecule has 0 aliphatic rings. The minimum atomic E-state index is -3.49. The predicted octanol–water partition coefficient (Wildman–Crippen LogP) is -1.60. The molecule has 0 aromatic rings. The zero-order valence-corrected chi connectivity index (χ0v) is 9.17. The minimum absolute atomic E-state index is 0.0873. The van der Waals surface area contributed by atoms with Crippen molar-refractivity contribution in [3.63, 3.8) is 0 Å². The number of amidine groups is 1. The molecular formula is C7H15N3O4S. The lowest BCUT2D eigenvalue weighted by Crippen LogP contribution is -2.39. The lowest BCUT2D eigenvalue weighted by molar-refractivity contribution is -0.137. The number of nitrogens with one attached hydrogen (secondary N) is 2. The first kappa shape index (κ1) is 13.8. The van der Waals surface area contributed by atoms with Gasteiger partial charge < -0.3 is 16.2 Å². The molecular weight excluding hydrogens is 222 g/mol. The Balaban J connectivity index is 4.09. The van der Waals surface area contributed by atoms with Crippen LogP contribution in [0.5, 0.6) is 0 Å². The molecule has 0 spiro atoms. The Morgan fingerprint density at radius 2 is 2.13 bits per heavy atom. The molecule has 0 aromatic heterocycles. The maximum absolute atomic E-state index is 11.3. The number of hydrogen-bond acceptors (Lipinski definition) is 5. The van der Waals surface area contributed by atoms with Crippen LogP contribution in [0.15, 0.2) is 0 Å². The Morgan fingerprint density at radius 1 is 1.60 bits per heavy atom. The summed E-state index contributed by atoms with van der Waals surface area (Å²) in [6.07, 6.45) is 0. The summed E-state index contributed by atoms with van der Waals surface area (Å²) in [4.78, 5) is 10.3. The van der Waals surface area contributed by atoms with Crippen LogP contribution in [0.1, 0.15) is 6.92 Å². The summed E-state index contributed by atoms with van der Waals surface area (Å²) in [6, 6.07) is -1.39. The van der Waals surface area contributed by atoms with E-state index in [9.17, 15) is 13.2 Å². The molecule has 0 unspecified atom stereocenters. The van der Waals surface area contributed by atoms with Gasteiger partial charge in [-0.2, -0.15) is 0 Å². The summed E-state index contributed by atoms with van der Waals surface area (Å²) in [5, 5.41) is 17.9. The fourth-order valence-electron chi connectivity index (χ4n) is 0.822. The van der Waals surface area contributed by atoms with Crippen LogP contribution < -0.4 is 11.1 Å². The van der Waals surface area contributed by atoms with Crippen LogP contribution in [0, 0.1) is 5.41 Å². The van der Waals surface area contributed by atoms with Gasteiger partial charge in [-0.25, -0.2) is 8.42 Å². The van der Waals surface area contributed by atoms with Crippen LogP contribution in [-0.4, -0.2) is 49.4 Å². The van der Waals surface area contributed by atoms with Gasteiger partial charge in [0.2, 0.25) is 0 Å². The summed E-state index contributed by atoms with van der Waals surface area (Å²) in [6.45, 7) is 1.57. The van der Waals surface area contributed by atoms with E-state index in [1.807, 2.05) is 0 Å². The number of nitrogens with two attached hydrogens (primary N) is 1. The van der Waals surface area contributed by atoms with E-state index in [-0.39, 0.29) is 18.1 Å². The molecule has 0 bridgehead atoms. The molecule has 0 heterocycles. The van der Waals surface area contributed by atoms with E-state index < -0.39 is 27.6 Å². The van der Waals surface area contributed by atoms with Crippen molar-refractivity contribution < 1.29 is 18.3 Å². The highest BCUT2D eigenvalue weighted by molar-refractivity contribution is 7.91. The Morgan fingerprint density at radius 3 is 2.53 bits per heavy atom. The van der Waals surface area contributed by atoms with Crippen LogP contribution in [0.4, 0.5) is 0 Å². The van der Waals surface area contributed by atoms with Gasteiger partial charge in [0.25, 0.3) is 0 Å². The lowest BCUT2D eigenvalue weighted by Gasteiger charge is -2.08. The van der Waals surface area contributed by atoms with Crippen LogP contribution in [0.25, 0.3) is 0 Å². The Bertz CT molecular complexity index is 338. The van der Waals surface area contributed by atoms with Crippen molar-refractivity contribution in [3.8, 4) is 0 Å². The van der Waals surface area contributed by atoms with Crippen molar-refractivity contribution in [1.29, 1.82) is 5.41 Å². The van der Waals surface area contributed by atoms with Gasteiger partial charge in [-0.3, -0.25) is 10.2 Å². The maximum atomic E-state index is 11.3. The zero-order chi connectivity index (χ0) is 12.1. The monoisotopic (exact) mass is 237 g/mol. The maximum Gasteiger partial charge on any atom is 0.321 e. The second-order valence-corrected chi connectivity index (χ2v) is 5.34. The Labute approximate surface area is 88.1 Å². The lowest BCUT2D eigenvalue weighted by atomic mass is 10.4. The predicted molar refractivity (Wildman–Crippen MR) is 55.7 cm³/mol. The van der Waals surface area contributed by atoms with Crippen molar-refractivity contribution in [2.24, 2.45) is 5.73 Å². The van der Waals surface area contributed by atoms with Gasteiger partial charge >= 0.3 is 5.97 Å². The number of sulfone groups is 1. The van der Waals surface area contributed by atoms with Gasteiger partial charge in [-0.05, 0) is 6.92 Å². The molecule has 88 valence electrons. The molecule has 15 heavy (non-hydrogen) atoms. The highest BCUT2D eigenvalue weighted by Gasteiger charge is 2.20. The average molecular weight is 237 g/mol. The Hall–Kier alpha value is -1.15. The molecule has 0 amide bonds. The summed E-state index contributed by atoms with van der Waals surface area (Å²) < 4.78 is 22.5. The van der Waals surface area contributed by atoms with E-state index in [0.29, 0.717) is 0 Å². The van der Waals surface area contributed by atoms with Gasteiger partial charge in [0, 0.05) is 6.54 Å². The number of carboxylic acid groups (broad SMARTS) is 1. The van der Waals surface area contributed by atoms with Crippen molar-refractivity contribution in [2.75, 3.05) is 18.1 Å². The molecule has 5 N–H and O–H groups in total. The Kier molecular flexibility index (Phi) is 5.23. The zero-order valence-electron chi connectivity index (χ0n) is 8.36. The molecule has 0 aliphatic carbocycles. The first-order valence-electron chi connectivity index (χ1n) is 4.22. The minimum Gasteiger partial charge on any atom is -0.480 e. The SMILES string of the molecule is CC(=N)NCCS(=O)(=O)C[C@H](N)C(=O)O. The molecule has 0 radical (unpaired) electrons. The number of aliphatic carboxylic acids is 1. The third kappa shape index (κ3) is 6.86. The smallest absolute Gasteiger partial charge is 0.321 e. The van der Waals surface area contributed by atoms with Gasteiger partial charge in [-0.1, -0.05) is 0 Å². The molecule has 0 rings (SSSR count). The van der Waals surface area contributed by atoms with Gasteiger partial charge in [-0.15, -0.1) is 0 Å². The molecule has 0 saturated carbocycles. The van der Waals surface area contributed by atoms with Gasteiger partial charge in [0.1, 0.15) is 6.04 Å². The average Bonchev–Trinajstić information content (AvgIpc) is 2.01. The van der Waals surface area contributed by atoms with Crippen molar-refractivity contribution >= 4 is 21.6 Å². The number of carbonyl (C=O) groups is 1. The summed E-state index contributed by atoms with van der Waals surface area (Å²) >= 11 is 0. The topological polar surface area (TPSA) is 133 Å². The third-order valence-corrected chi connectivity index (χ3v) is 3.25. The summed E-state index contributed by atoms with van der Waals surface area (Å²) in [5.41, 5.74) is 5.09. The first-order valence-corrected chi connectivity index (χ1v) is 6.04. The fraction of sp³-hybridized carbons (Fsp3) is 0.714. The third-order valence-electron chi connectivity index (χ3n) is 1.55. The largest absolute Gasteiger partial charge is 0.480 e. The quantitative estimate of drug-likeness (QED) is 0.325. The fourth-order valence-corrected chi connectivity index (χ4v) is 2.09. The van der Waals surface area contributed by atoms with Crippen LogP contribution in [-0.2, 0) is 14.6 Å². The normalized spacial score (nSPS) is 13.2.